The maximum Gasteiger partial charge on any atom is 0.136 e. The standard InChI is InChI=1S/C37H21N3OS/c1-2-9-24-21-39-26(16-22(24)8-1)18-31(38-39)23-10-7-11-25(17-23)40-32-19-29-27-12-3-5-14-33(27)41-34(29)20-30(32)36-28-13-4-6-15-35(28)42-37(36)40/h1-21H. The third-order valence-electron chi connectivity index (χ3n) is 8.51. The van der Waals surface area contributed by atoms with Crippen LogP contribution in [0, 0.1) is 0 Å². The Morgan fingerprint density at radius 1 is 0.619 bits per heavy atom. The van der Waals surface area contributed by atoms with Crippen LogP contribution < -0.4 is 0 Å². The van der Waals surface area contributed by atoms with Gasteiger partial charge < -0.3 is 8.98 Å². The van der Waals surface area contributed by atoms with Crippen LogP contribution in [-0.2, 0) is 0 Å². The Morgan fingerprint density at radius 3 is 2.40 bits per heavy atom. The third kappa shape index (κ3) is 3.03. The van der Waals surface area contributed by atoms with Crippen LogP contribution in [0.4, 0.5) is 0 Å². The molecule has 10 rings (SSSR count). The van der Waals surface area contributed by atoms with Gasteiger partial charge in [-0.15, -0.1) is 11.3 Å². The highest BCUT2D eigenvalue weighted by atomic mass is 32.1. The topological polar surface area (TPSA) is 35.4 Å². The maximum atomic E-state index is 6.33. The SMILES string of the molecule is c1cc(-c2cc3cc4ccccc4cn3n2)cc(-n2c3cc4c(cc3c3c5ccccc5sc32)oc2ccccc24)c1. The molecule has 10 aromatic rings. The van der Waals surface area contributed by atoms with E-state index in [2.05, 4.69) is 120 Å². The van der Waals surface area contributed by atoms with Gasteiger partial charge in [0.25, 0.3) is 0 Å². The van der Waals surface area contributed by atoms with E-state index in [-0.39, 0.29) is 0 Å². The number of hydrogen-bond donors (Lipinski definition) is 0. The Balaban J connectivity index is 1.25. The fraction of sp³-hybridized carbons (Fsp3) is 0. The molecule has 0 N–H and O–H groups in total. The fourth-order valence-electron chi connectivity index (χ4n) is 6.58. The van der Waals surface area contributed by atoms with Crippen molar-refractivity contribution in [3.63, 3.8) is 0 Å². The zero-order valence-corrected chi connectivity index (χ0v) is 23.1. The monoisotopic (exact) mass is 555 g/mol. The number of pyridine rings is 1. The van der Waals surface area contributed by atoms with Crippen molar-refractivity contribution in [3.8, 4) is 16.9 Å². The van der Waals surface area contributed by atoms with Crippen molar-refractivity contribution < 1.29 is 4.42 Å². The molecule has 0 unspecified atom stereocenters. The number of thiophene rings is 1. The van der Waals surface area contributed by atoms with Gasteiger partial charge in [-0.3, -0.25) is 0 Å². The van der Waals surface area contributed by atoms with Gasteiger partial charge in [0.1, 0.15) is 16.0 Å². The summed E-state index contributed by atoms with van der Waals surface area (Å²) in [6.07, 6.45) is 2.11. The van der Waals surface area contributed by atoms with Crippen LogP contribution in [0.2, 0.25) is 0 Å². The summed E-state index contributed by atoms with van der Waals surface area (Å²) in [5, 5.41) is 13.4. The van der Waals surface area contributed by atoms with Gasteiger partial charge in [-0.05, 0) is 53.9 Å². The van der Waals surface area contributed by atoms with Gasteiger partial charge in [0.2, 0.25) is 0 Å². The van der Waals surface area contributed by atoms with Gasteiger partial charge in [-0.25, -0.2) is 4.52 Å². The second-order valence-electron chi connectivity index (χ2n) is 10.9. The molecule has 0 aliphatic carbocycles. The van der Waals surface area contributed by atoms with Crippen molar-refractivity contribution in [2.45, 2.75) is 0 Å². The molecule has 0 saturated heterocycles. The Kier molecular flexibility index (Phi) is 4.30. The average Bonchev–Trinajstić information content (AvgIpc) is 3.78. The molecule has 0 aliphatic heterocycles. The van der Waals surface area contributed by atoms with Gasteiger partial charge in [0, 0.05) is 54.5 Å². The minimum Gasteiger partial charge on any atom is -0.456 e. The van der Waals surface area contributed by atoms with E-state index in [1.54, 1.807) is 0 Å². The summed E-state index contributed by atoms with van der Waals surface area (Å²) in [5.74, 6) is 0. The minimum absolute atomic E-state index is 0.916. The number of nitrogens with zero attached hydrogens (tertiary/aromatic N) is 3. The molecule has 0 radical (unpaired) electrons. The molecule has 196 valence electrons. The second-order valence-corrected chi connectivity index (χ2v) is 12.0. The lowest BCUT2D eigenvalue weighted by atomic mass is 10.1. The van der Waals surface area contributed by atoms with Gasteiger partial charge in [0.05, 0.1) is 16.7 Å². The highest BCUT2D eigenvalue weighted by Gasteiger charge is 2.20. The maximum absolute atomic E-state index is 6.33. The summed E-state index contributed by atoms with van der Waals surface area (Å²) in [7, 11) is 0. The Bertz CT molecular complexity index is 2650. The van der Waals surface area contributed by atoms with Crippen LogP contribution in [0.5, 0.6) is 0 Å². The normalized spacial score (nSPS) is 12.3. The molecule has 5 heterocycles. The molecular formula is C37H21N3OS. The molecule has 5 aromatic heterocycles. The zero-order chi connectivity index (χ0) is 27.4. The highest BCUT2D eigenvalue weighted by Crippen LogP contribution is 2.45. The predicted octanol–water partition coefficient (Wildman–Crippen LogP) is 10.4. The minimum atomic E-state index is 0.916. The van der Waals surface area contributed by atoms with Crippen molar-refractivity contribution >= 4 is 80.8 Å². The molecule has 4 nitrogen and oxygen atoms in total. The summed E-state index contributed by atoms with van der Waals surface area (Å²) in [4.78, 5) is 1.24. The molecule has 0 saturated carbocycles. The molecule has 0 aliphatic rings. The van der Waals surface area contributed by atoms with Crippen LogP contribution in [0.3, 0.4) is 0 Å². The van der Waals surface area contributed by atoms with Crippen LogP contribution in [-0.4, -0.2) is 14.2 Å². The van der Waals surface area contributed by atoms with E-state index in [1.165, 1.54) is 42.0 Å². The van der Waals surface area contributed by atoms with Crippen LogP contribution >= 0.6 is 11.3 Å². The first-order chi connectivity index (χ1) is 20.8. The molecule has 0 fully saturated rings. The molecule has 0 amide bonds. The molecule has 0 bridgehead atoms. The predicted molar refractivity (Wildman–Crippen MR) is 175 cm³/mol. The van der Waals surface area contributed by atoms with E-state index in [9.17, 15) is 0 Å². The number of rotatable bonds is 2. The van der Waals surface area contributed by atoms with Crippen LogP contribution in [0.15, 0.2) is 132 Å². The number of furan rings is 1. The highest BCUT2D eigenvalue weighted by molar-refractivity contribution is 7.25. The quantitative estimate of drug-likeness (QED) is 0.213. The summed E-state index contributed by atoms with van der Waals surface area (Å²) >= 11 is 1.84. The Hall–Kier alpha value is -5.39. The lowest BCUT2D eigenvalue weighted by Gasteiger charge is -2.08. The smallest absolute Gasteiger partial charge is 0.136 e. The number of para-hydroxylation sites is 1. The fourth-order valence-corrected chi connectivity index (χ4v) is 7.83. The van der Waals surface area contributed by atoms with Crippen molar-refractivity contribution in [1.82, 2.24) is 14.2 Å². The van der Waals surface area contributed by atoms with Crippen molar-refractivity contribution in [3.05, 3.63) is 128 Å². The number of aromatic nitrogens is 3. The van der Waals surface area contributed by atoms with Crippen LogP contribution in [0.25, 0.3) is 86.4 Å². The second kappa shape index (κ2) is 8.09. The van der Waals surface area contributed by atoms with E-state index in [0.29, 0.717) is 0 Å². The molecule has 5 heteroatoms. The number of fused-ring (bicyclic) bond motifs is 10. The largest absolute Gasteiger partial charge is 0.456 e. The molecule has 0 atom stereocenters. The van der Waals surface area contributed by atoms with Crippen molar-refractivity contribution in [1.29, 1.82) is 0 Å². The number of hydrogen-bond acceptors (Lipinski definition) is 3. The molecule has 5 aromatic carbocycles. The first-order valence-electron chi connectivity index (χ1n) is 14.0. The first kappa shape index (κ1) is 22.3. The first-order valence-corrected chi connectivity index (χ1v) is 14.9. The van der Waals surface area contributed by atoms with E-state index in [1.807, 2.05) is 28.0 Å². The Morgan fingerprint density at radius 2 is 1.45 bits per heavy atom. The van der Waals surface area contributed by atoms with E-state index >= 15 is 0 Å². The lowest BCUT2D eigenvalue weighted by Crippen LogP contribution is -1.93. The van der Waals surface area contributed by atoms with E-state index in [4.69, 9.17) is 9.52 Å². The van der Waals surface area contributed by atoms with Gasteiger partial charge in [0.15, 0.2) is 0 Å². The average molecular weight is 556 g/mol. The molecule has 42 heavy (non-hydrogen) atoms. The van der Waals surface area contributed by atoms with Gasteiger partial charge in [-0.2, -0.15) is 5.10 Å². The third-order valence-corrected chi connectivity index (χ3v) is 9.67. The zero-order valence-electron chi connectivity index (χ0n) is 22.3. The lowest BCUT2D eigenvalue weighted by molar-refractivity contribution is 0.669. The molecule has 0 spiro atoms. The Labute approximate surface area is 243 Å². The number of benzene rings is 5. The molecular weight excluding hydrogens is 534 g/mol. The van der Waals surface area contributed by atoms with Crippen molar-refractivity contribution in [2.24, 2.45) is 0 Å². The summed E-state index contributed by atoms with van der Waals surface area (Å²) in [6.45, 7) is 0. The summed E-state index contributed by atoms with van der Waals surface area (Å²) in [5.41, 5.74) is 7.27. The van der Waals surface area contributed by atoms with Gasteiger partial charge >= 0.3 is 0 Å². The summed E-state index contributed by atoms with van der Waals surface area (Å²) in [6, 6.07) is 43.1. The summed E-state index contributed by atoms with van der Waals surface area (Å²) < 4.78 is 12.0. The van der Waals surface area contributed by atoms with E-state index in [0.717, 1.165) is 44.4 Å². The van der Waals surface area contributed by atoms with Crippen molar-refractivity contribution in [2.75, 3.05) is 0 Å². The van der Waals surface area contributed by atoms with Crippen LogP contribution in [0.1, 0.15) is 0 Å². The van der Waals surface area contributed by atoms with Gasteiger partial charge in [-0.1, -0.05) is 72.8 Å². The van der Waals surface area contributed by atoms with E-state index < -0.39 is 0 Å².